The predicted octanol–water partition coefficient (Wildman–Crippen LogP) is 4.66. The third-order valence-electron chi connectivity index (χ3n) is 6.57. The number of carboxylic acids is 1. The van der Waals surface area contributed by atoms with E-state index in [1.807, 2.05) is 37.4 Å². The van der Waals surface area contributed by atoms with E-state index in [2.05, 4.69) is 10.6 Å². The number of aliphatic imine (C=N–C) groups is 1. The second-order valence-electron chi connectivity index (χ2n) is 9.39. The van der Waals surface area contributed by atoms with E-state index in [0.717, 1.165) is 24.2 Å². The van der Waals surface area contributed by atoms with Gasteiger partial charge in [0, 0.05) is 31.3 Å². The third-order valence-corrected chi connectivity index (χ3v) is 6.57. The molecule has 2 amide bonds. The highest BCUT2D eigenvalue weighted by Gasteiger charge is 2.35. The number of hydrogen-bond acceptors (Lipinski definition) is 5. The minimum Gasteiger partial charge on any atom is -0.481 e. The number of carboxylic acid groups (broad SMARTS) is 1. The van der Waals surface area contributed by atoms with Crippen molar-refractivity contribution in [2.75, 3.05) is 30.4 Å². The minimum absolute atomic E-state index is 0.0234. The fourth-order valence-corrected chi connectivity index (χ4v) is 4.67. The molecule has 9 heteroatoms. The van der Waals surface area contributed by atoms with Crippen LogP contribution in [0.4, 0.5) is 21.5 Å². The van der Waals surface area contributed by atoms with Crippen LogP contribution in [0, 0.1) is 5.82 Å². The van der Waals surface area contributed by atoms with Gasteiger partial charge >= 0.3 is 5.97 Å². The highest BCUT2D eigenvalue weighted by molar-refractivity contribution is 6.24. The molecule has 0 bridgehead atoms. The maximum Gasteiger partial charge on any atom is 0.303 e. The van der Waals surface area contributed by atoms with Crippen molar-refractivity contribution in [2.45, 2.75) is 32.1 Å². The van der Waals surface area contributed by atoms with E-state index in [4.69, 9.17) is 10.1 Å². The van der Waals surface area contributed by atoms with Crippen LogP contribution >= 0.6 is 0 Å². The molecule has 1 aliphatic rings. The number of benzene rings is 3. The van der Waals surface area contributed by atoms with Gasteiger partial charge in [-0.25, -0.2) is 4.39 Å². The number of anilines is 2. The van der Waals surface area contributed by atoms with Crippen LogP contribution in [0.3, 0.4) is 0 Å². The molecule has 3 N–H and O–H groups in total. The van der Waals surface area contributed by atoms with Crippen molar-refractivity contribution in [3.8, 4) is 0 Å². The van der Waals surface area contributed by atoms with Crippen molar-refractivity contribution in [1.82, 2.24) is 5.32 Å². The lowest BCUT2D eigenvalue weighted by Gasteiger charge is -2.21. The van der Waals surface area contributed by atoms with E-state index >= 15 is 0 Å². The number of halogens is 1. The van der Waals surface area contributed by atoms with Gasteiger partial charge < -0.3 is 20.6 Å². The summed E-state index contributed by atoms with van der Waals surface area (Å²) in [5, 5.41) is 14.9. The van der Waals surface area contributed by atoms with Crippen LogP contribution in [0.5, 0.6) is 0 Å². The topological polar surface area (TPSA) is 111 Å². The zero-order valence-electron chi connectivity index (χ0n) is 21.9. The largest absolute Gasteiger partial charge is 0.481 e. The summed E-state index contributed by atoms with van der Waals surface area (Å²) in [4.78, 5) is 43.1. The van der Waals surface area contributed by atoms with Gasteiger partial charge in [-0.1, -0.05) is 24.3 Å². The summed E-state index contributed by atoms with van der Waals surface area (Å²) in [5.41, 5.74) is 4.25. The lowest BCUT2D eigenvalue weighted by atomic mass is 9.89. The summed E-state index contributed by atoms with van der Waals surface area (Å²) in [6, 6.07) is 18.7. The highest BCUT2D eigenvalue weighted by atomic mass is 19.1. The van der Waals surface area contributed by atoms with Gasteiger partial charge in [-0.15, -0.1) is 0 Å². The van der Waals surface area contributed by atoms with Crippen LogP contribution in [0.2, 0.25) is 0 Å². The van der Waals surface area contributed by atoms with E-state index < -0.39 is 17.7 Å². The Bertz CT molecular complexity index is 1400. The van der Waals surface area contributed by atoms with Gasteiger partial charge in [-0.2, -0.15) is 0 Å². The average Bonchev–Trinajstić information content (AvgIpc) is 3.23. The van der Waals surface area contributed by atoms with Crippen molar-refractivity contribution >= 4 is 40.6 Å². The van der Waals surface area contributed by atoms with Crippen LogP contribution in [0.25, 0.3) is 0 Å². The molecule has 0 fully saturated rings. The first-order chi connectivity index (χ1) is 18.8. The molecule has 1 unspecified atom stereocenters. The standard InChI is InChI=1S/C30H31FN4O4/c1-19(36)35(16-4-15-32-2)24-11-9-23(10-12-24)33-29(21-6-3-5-20(17-21)7-14-27(37)38)28-25-13-8-22(31)18-26(25)34-30(28)39/h3,5-6,8-13,17-18,28,32H,4,7,14-16H2,1-2H3,(H,34,39)(H,37,38). The Morgan fingerprint density at radius 1 is 1.10 bits per heavy atom. The number of nitrogens with one attached hydrogen (secondary N) is 2. The average molecular weight is 531 g/mol. The summed E-state index contributed by atoms with van der Waals surface area (Å²) in [6.45, 7) is 2.89. The van der Waals surface area contributed by atoms with Gasteiger partial charge in [0.1, 0.15) is 11.7 Å². The van der Waals surface area contributed by atoms with E-state index in [1.54, 1.807) is 29.2 Å². The zero-order chi connectivity index (χ0) is 27.9. The number of hydrogen-bond donors (Lipinski definition) is 3. The van der Waals surface area contributed by atoms with Crippen molar-refractivity contribution < 1.29 is 23.9 Å². The SMILES string of the molecule is CNCCCN(C(C)=O)c1ccc(N=C(c2cccc(CCC(=O)O)c2)C2C(=O)Nc3cc(F)ccc32)cc1. The van der Waals surface area contributed by atoms with Gasteiger partial charge in [0.25, 0.3) is 0 Å². The smallest absolute Gasteiger partial charge is 0.303 e. The second kappa shape index (κ2) is 12.4. The number of carbonyl (C=O) groups excluding carboxylic acids is 2. The van der Waals surface area contributed by atoms with Crippen molar-refractivity contribution in [2.24, 2.45) is 4.99 Å². The minimum atomic E-state index is -0.897. The van der Waals surface area contributed by atoms with Crippen LogP contribution in [-0.4, -0.2) is 48.7 Å². The quantitative estimate of drug-likeness (QED) is 0.247. The van der Waals surface area contributed by atoms with E-state index in [-0.39, 0.29) is 18.2 Å². The lowest BCUT2D eigenvalue weighted by molar-refractivity contribution is -0.137. The Labute approximate surface area is 226 Å². The summed E-state index contributed by atoms with van der Waals surface area (Å²) in [5.74, 6) is -2.53. The fourth-order valence-electron chi connectivity index (χ4n) is 4.67. The maximum absolute atomic E-state index is 13.9. The van der Waals surface area contributed by atoms with Gasteiger partial charge in [-0.05, 0) is 85.6 Å². The highest BCUT2D eigenvalue weighted by Crippen LogP contribution is 2.37. The van der Waals surface area contributed by atoms with Crippen LogP contribution < -0.4 is 15.5 Å². The molecule has 0 spiro atoms. The molecule has 0 radical (unpaired) electrons. The summed E-state index contributed by atoms with van der Waals surface area (Å²) < 4.78 is 13.9. The number of amides is 2. The second-order valence-corrected chi connectivity index (χ2v) is 9.39. The van der Waals surface area contributed by atoms with E-state index in [1.165, 1.54) is 19.1 Å². The van der Waals surface area contributed by atoms with Gasteiger partial charge in [0.15, 0.2) is 0 Å². The third kappa shape index (κ3) is 6.74. The Kier molecular flexibility index (Phi) is 8.83. The molecule has 1 aliphatic heterocycles. The number of carbonyl (C=O) groups is 3. The molecule has 0 aliphatic carbocycles. The molecule has 3 aromatic carbocycles. The van der Waals surface area contributed by atoms with E-state index in [9.17, 15) is 18.8 Å². The molecule has 3 aromatic rings. The molecule has 8 nitrogen and oxygen atoms in total. The van der Waals surface area contributed by atoms with Gasteiger partial charge in [0.2, 0.25) is 11.8 Å². The Hall–Kier alpha value is -4.37. The van der Waals surface area contributed by atoms with Gasteiger partial charge in [-0.3, -0.25) is 19.4 Å². The Morgan fingerprint density at radius 2 is 1.87 bits per heavy atom. The lowest BCUT2D eigenvalue weighted by Crippen LogP contribution is -2.31. The fraction of sp³-hybridized carbons (Fsp3) is 0.267. The number of aryl methyl sites for hydroxylation is 1. The molecule has 0 saturated heterocycles. The first kappa shape index (κ1) is 27.7. The number of rotatable bonds is 11. The molecule has 0 aromatic heterocycles. The normalized spacial score (nSPS) is 14.6. The molecule has 39 heavy (non-hydrogen) atoms. The van der Waals surface area contributed by atoms with Crippen molar-refractivity contribution in [3.63, 3.8) is 0 Å². The number of fused-ring (bicyclic) bond motifs is 1. The van der Waals surface area contributed by atoms with Crippen LogP contribution in [0.15, 0.2) is 71.7 Å². The molecule has 1 atom stereocenters. The molecule has 202 valence electrons. The molecular formula is C30H31FN4O4. The maximum atomic E-state index is 13.9. The van der Waals surface area contributed by atoms with Gasteiger partial charge in [0.05, 0.1) is 11.4 Å². The first-order valence-electron chi connectivity index (χ1n) is 12.8. The monoisotopic (exact) mass is 530 g/mol. The van der Waals surface area contributed by atoms with Crippen LogP contribution in [0.1, 0.15) is 42.4 Å². The summed E-state index contributed by atoms with van der Waals surface area (Å²) in [7, 11) is 1.86. The molecule has 1 heterocycles. The number of aliphatic carboxylic acids is 1. The van der Waals surface area contributed by atoms with Crippen LogP contribution in [-0.2, 0) is 20.8 Å². The molecule has 4 rings (SSSR count). The zero-order valence-corrected chi connectivity index (χ0v) is 21.9. The van der Waals surface area contributed by atoms with Crippen molar-refractivity contribution in [3.05, 3.63) is 89.2 Å². The first-order valence-corrected chi connectivity index (χ1v) is 12.8. The van der Waals surface area contributed by atoms with Crippen molar-refractivity contribution in [1.29, 1.82) is 0 Å². The summed E-state index contributed by atoms with van der Waals surface area (Å²) in [6.07, 6.45) is 1.11. The Morgan fingerprint density at radius 3 is 2.56 bits per heavy atom. The molecule has 0 saturated carbocycles. The summed E-state index contributed by atoms with van der Waals surface area (Å²) >= 11 is 0. The number of nitrogens with zero attached hydrogens (tertiary/aromatic N) is 2. The predicted molar refractivity (Wildman–Crippen MR) is 149 cm³/mol. The Balaban J connectivity index is 1.74. The van der Waals surface area contributed by atoms with E-state index in [0.29, 0.717) is 41.2 Å². The molecular weight excluding hydrogens is 499 g/mol.